The van der Waals surface area contributed by atoms with Gasteiger partial charge >= 0.3 is 0 Å². The molecule has 90 valence electrons. The Morgan fingerprint density at radius 3 is 2.38 bits per heavy atom. The van der Waals surface area contributed by atoms with E-state index >= 15 is 0 Å². The highest BCUT2D eigenvalue weighted by atomic mass is 16.5. The molecule has 1 fully saturated rings. The maximum Gasteiger partial charge on any atom is 0.0949 e. The van der Waals surface area contributed by atoms with Gasteiger partial charge < -0.3 is 4.74 Å². The summed E-state index contributed by atoms with van der Waals surface area (Å²) in [5, 5.41) is 0. The Balaban J connectivity index is 2.25. The van der Waals surface area contributed by atoms with Crippen LogP contribution in [0.3, 0.4) is 0 Å². The van der Waals surface area contributed by atoms with Crippen LogP contribution in [0.25, 0.3) is 0 Å². The fourth-order valence-electron chi connectivity index (χ4n) is 3.17. The second kappa shape index (κ2) is 4.37. The lowest BCUT2D eigenvalue weighted by molar-refractivity contribution is -0.0572. The molecule has 3 atom stereocenters. The van der Waals surface area contributed by atoms with Gasteiger partial charge in [0.05, 0.1) is 5.60 Å². The van der Waals surface area contributed by atoms with Gasteiger partial charge in [0, 0.05) is 13.0 Å². The van der Waals surface area contributed by atoms with Gasteiger partial charge in [-0.25, -0.2) is 0 Å². The molecule has 0 aliphatic heterocycles. The van der Waals surface area contributed by atoms with Crippen molar-refractivity contribution >= 4 is 0 Å². The molecule has 0 N–H and O–H groups in total. The van der Waals surface area contributed by atoms with Crippen LogP contribution in [0.15, 0.2) is 24.3 Å². The molecule has 0 bridgehead atoms. The van der Waals surface area contributed by atoms with Crippen molar-refractivity contribution in [2.75, 3.05) is 7.11 Å². The first-order valence-electron chi connectivity index (χ1n) is 6.53. The minimum atomic E-state index is -0.0866. The summed E-state index contributed by atoms with van der Waals surface area (Å²) in [6, 6.07) is 0. The van der Waals surface area contributed by atoms with Gasteiger partial charge in [0.2, 0.25) is 0 Å². The van der Waals surface area contributed by atoms with Crippen LogP contribution in [0.4, 0.5) is 0 Å². The monoisotopic (exact) mass is 220 g/mol. The molecule has 1 heteroatoms. The van der Waals surface area contributed by atoms with E-state index in [9.17, 15) is 0 Å². The number of hydrogen-bond donors (Lipinski definition) is 0. The number of methoxy groups -OCH3 is 1. The molecule has 0 radical (unpaired) electrons. The van der Waals surface area contributed by atoms with Gasteiger partial charge in [0.25, 0.3) is 0 Å². The first-order valence-corrected chi connectivity index (χ1v) is 6.53. The standard InChI is InChI=1S/C15H24O/c1-11(2)15(16-4)10-6-5-7-14(15)12(3)13-8-9-13/h5-7,10-14H,8-9H2,1-4H3. The molecule has 0 aromatic carbocycles. The van der Waals surface area contributed by atoms with Crippen molar-refractivity contribution in [3.8, 4) is 0 Å². The third-order valence-electron chi connectivity index (χ3n) is 4.50. The van der Waals surface area contributed by atoms with Crippen molar-refractivity contribution < 1.29 is 4.74 Å². The Kier molecular flexibility index (Phi) is 3.25. The Bertz CT molecular complexity index is 299. The van der Waals surface area contributed by atoms with Gasteiger partial charge in [0.15, 0.2) is 0 Å². The maximum absolute atomic E-state index is 5.91. The quantitative estimate of drug-likeness (QED) is 0.700. The minimum Gasteiger partial charge on any atom is -0.373 e. The SMILES string of the molecule is COC1(C(C)C)C=CC=CC1C(C)C1CC1. The van der Waals surface area contributed by atoms with Crippen LogP contribution in [-0.2, 0) is 4.74 Å². The summed E-state index contributed by atoms with van der Waals surface area (Å²) >= 11 is 0. The van der Waals surface area contributed by atoms with Gasteiger partial charge in [-0.3, -0.25) is 0 Å². The summed E-state index contributed by atoms with van der Waals surface area (Å²) in [4.78, 5) is 0. The number of hydrogen-bond acceptors (Lipinski definition) is 1. The summed E-state index contributed by atoms with van der Waals surface area (Å²) in [7, 11) is 1.86. The summed E-state index contributed by atoms with van der Waals surface area (Å²) in [6.07, 6.45) is 11.8. The van der Waals surface area contributed by atoms with E-state index in [4.69, 9.17) is 4.74 Å². The normalized spacial score (nSPS) is 35.7. The summed E-state index contributed by atoms with van der Waals surface area (Å²) in [5.74, 6) is 2.72. The molecule has 0 spiro atoms. The van der Waals surface area contributed by atoms with Crippen molar-refractivity contribution in [3.63, 3.8) is 0 Å². The predicted molar refractivity (Wildman–Crippen MR) is 68.2 cm³/mol. The molecule has 0 aromatic heterocycles. The van der Waals surface area contributed by atoms with Gasteiger partial charge in [-0.05, 0) is 30.6 Å². The van der Waals surface area contributed by atoms with Crippen LogP contribution >= 0.6 is 0 Å². The van der Waals surface area contributed by atoms with E-state index in [0.29, 0.717) is 11.8 Å². The fourth-order valence-corrected chi connectivity index (χ4v) is 3.17. The highest BCUT2D eigenvalue weighted by Gasteiger charge is 2.45. The highest BCUT2D eigenvalue weighted by Crippen LogP contribution is 2.48. The molecular weight excluding hydrogens is 196 g/mol. The van der Waals surface area contributed by atoms with Crippen molar-refractivity contribution in [1.82, 2.24) is 0 Å². The van der Waals surface area contributed by atoms with Crippen LogP contribution < -0.4 is 0 Å². The van der Waals surface area contributed by atoms with E-state index < -0.39 is 0 Å². The average Bonchev–Trinajstić information content (AvgIpc) is 3.11. The Morgan fingerprint density at radius 2 is 1.88 bits per heavy atom. The van der Waals surface area contributed by atoms with Crippen molar-refractivity contribution in [2.24, 2.45) is 23.7 Å². The number of allylic oxidation sites excluding steroid dienone is 2. The van der Waals surface area contributed by atoms with E-state index in [0.717, 1.165) is 11.8 Å². The minimum absolute atomic E-state index is 0.0866. The predicted octanol–water partition coefficient (Wildman–Crippen LogP) is 3.82. The zero-order chi connectivity index (χ0) is 11.8. The van der Waals surface area contributed by atoms with Gasteiger partial charge in [-0.15, -0.1) is 0 Å². The average molecular weight is 220 g/mol. The van der Waals surface area contributed by atoms with Gasteiger partial charge in [0.1, 0.15) is 0 Å². The zero-order valence-electron chi connectivity index (χ0n) is 10.9. The molecule has 1 saturated carbocycles. The zero-order valence-corrected chi connectivity index (χ0v) is 10.9. The van der Waals surface area contributed by atoms with E-state index in [1.165, 1.54) is 12.8 Å². The van der Waals surface area contributed by atoms with Crippen LogP contribution in [0.2, 0.25) is 0 Å². The van der Waals surface area contributed by atoms with Gasteiger partial charge in [-0.1, -0.05) is 45.1 Å². The molecule has 1 nitrogen and oxygen atoms in total. The van der Waals surface area contributed by atoms with Crippen LogP contribution in [0, 0.1) is 23.7 Å². The Morgan fingerprint density at radius 1 is 1.19 bits per heavy atom. The third-order valence-corrected chi connectivity index (χ3v) is 4.50. The first kappa shape index (κ1) is 11.9. The number of ether oxygens (including phenoxy) is 1. The molecule has 0 saturated heterocycles. The molecule has 2 aliphatic carbocycles. The van der Waals surface area contributed by atoms with Crippen LogP contribution in [0.1, 0.15) is 33.6 Å². The van der Waals surface area contributed by atoms with Crippen LogP contribution in [-0.4, -0.2) is 12.7 Å². The lowest BCUT2D eigenvalue weighted by Crippen LogP contribution is -2.46. The van der Waals surface area contributed by atoms with Crippen LogP contribution in [0.5, 0.6) is 0 Å². The molecule has 0 aromatic rings. The van der Waals surface area contributed by atoms with E-state index in [1.807, 2.05) is 7.11 Å². The smallest absolute Gasteiger partial charge is 0.0949 e. The topological polar surface area (TPSA) is 9.23 Å². The van der Waals surface area contributed by atoms with Crippen molar-refractivity contribution in [1.29, 1.82) is 0 Å². The number of rotatable bonds is 4. The lowest BCUT2D eigenvalue weighted by Gasteiger charge is -2.43. The van der Waals surface area contributed by atoms with E-state index in [2.05, 4.69) is 45.1 Å². The molecule has 2 rings (SSSR count). The molecular formula is C15H24O. The second-order valence-corrected chi connectivity index (χ2v) is 5.68. The Labute approximate surface area is 99.6 Å². The Hall–Kier alpha value is -0.560. The largest absolute Gasteiger partial charge is 0.373 e. The summed E-state index contributed by atoms with van der Waals surface area (Å²) in [6.45, 7) is 6.92. The van der Waals surface area contributed by atoms with E-state index in [-0.39, 0.29) is 5.60 Å². The van der Waals surface area contributed by atoms with Crippen molar-refractivity contribution in [2.45, 2.75) is 39.2 Å². The summed E-state index contributed by atoms with van der Waals surface area (Å²) in [5.41, 5.74) is -0.0866. The van der Waals surface area contributed by atoms with E-state index in [1.54, 1.807) is 0 Å². The van der Waals surface area contributed by atoms with Crippen molar-refractivity contribution in [3.05, 3.63) is 24.3 Å². The molecule has 3 unspecified atom stereocenters. The maximum atomic E-state index is 5.91. The molecule has 2 aliphatic rings. The third kappa shape index (κ3) is 1.86. The lowest BCUT2D eigenvalue weighted by atomic mass is 9.69. The molecule has 16 heavy (non-hydrogen) atoms. The molecule has 0 heterocycles. The first-order chi connectivity index (χ1) is 7.62. The van der Waals surface area contributed by atoms with Gasteiger partial charge in [-0.2, -0.15) is 0 Å². The molecule has 0 amide bonds. The fraction of sp³-hybridized carbons (Fsp3) is 0.733. The summed E-state index contributed by atoms with van der Waals surface area (Å²) < 4.78 is 5.91. The second-order valence-electron chi connectivity index (χ2n) is 5.68. The highest BCUT2D eigenvalue weighted by molar-refractivity contribution is 5.24.